The predicted molar refractivity (Wildman–Crippen MR) is 84.9 cm³/mol. The highest BCUT2D eigenvalue weighted by molar-refractivity contribution is 9.11. The Morgan fingerprint density at radius 3 is 2.16 bits per heavy atom. The Morgan fingerprint density at radius 2 is 1.63 bits per heavy atom. The molecule has 104 valence electrons. The predicted octanol–water partition coefficient (Wildman–Crippen LogP) is 3.84. The van der Waals surface area contributed by atoms with Crippen molar-refractivity contribution in [1.82, 2.24) is 0 Å². The zero-order chi connectivity index (χ0) is 14.4. The molecular weight excluding hydrogens is 373 g/mol. The second-order valence-corrected chi connectivity index (χ2v) is 7.59. The lowest BCUT2D eigenvalue weighted by molar-refractivity contribution is 0.00578. The highest BCUT2D eigenvalue weighted by atomic mass is 79.9. The van der Waals surface area contributed by atoms with Gasteiger partial charge in [-0.25, -0.2) is 0 Å². The lowest BCUT2D eigenvalue weighted by Crippen LogP contribution is -2.41. The fraction of sp³-hybridized carbons (Fsp3) is 0.538. The Morgan fingerprint density at radius 1 is 1.11 bits per heavy atom. The van der Waals surface area contributed by atoms with Gasteiger partial charge in [0.15, 0.2) is 0 Å². The first-order chi connectivity index (χ1) is 8.64. The minimum Gasteiger partial charge on any atom is -0.402 e. The van der Waals surface area contributed by atoms with Crippen molar-refractivity contribution in [2.75, 3.05) is 0 Å². The zero-order valence-electron chi connectivity index (χ0n) is 11.5. The van der Waals surface area contributed by atoms with Crippen molar-refractivity contribution in [3.8, 4) is 0 Å². The summed E-state index contributed by atoms with van der Waals surface area (Å²) in [5.74, 6) is -0.340. The van der Waals surface area contributed by atoms with Crippen LogP contribution in [0.5, 0.6) is 0 Å². The lowest BCUT2D eigenvalue weighted by atomic mass is 9.75. The largest absolute Gasteiger partial charge is 0.480 e. The molecule has 6 heteroatoms. The molecule has 2 rings (SSSR count). The zero-order valence-corrected chi connectivity index (χ0v) is 14.7. The van der Waals surface area contributed by atoms with E-state index < -0.39 is 7.12 Å². The summed E-state index contributed by atoms with van der Waals surface area (Å²) >= 11 is 6.98. The molecule has 2 N–H and O–H groups in total. The summed E-state index contributed by atoms with van der Waals surface area (Å²) in [6.45, 7) is 8.09. The van der Waals surface area contributed by atoms with Gasteiger partial charge < -0.3 is 15.0 Å². The summed E-state index contributed by atoms with van der Waals surface area (Å²) in [6, 6.07) is 5.91. The molecule has 1 aliphatic heterocycles. The fourth-order valence-corrected chi connectivity index (χ4v) is 2.84. The summed E-state index contributed by atoms with van der Waals surface area (Å²) in [7, 11) is -0.449. The molecule has 3 nitrogen and oxygen atoms in total. The van der Waals surface area contributed by atoms with Gasteiger partial charge in [0.1, 0.15) is 0 Å². The van der Waals surface area contributed by atoms with Gasteiger partial charge in [-0.1, -0.05) is 31.9 Å². The Bertz CT molecular complexity index is 478. The molecule has 1 aliphatic rings. The van der Waals surface area contributed by atoms with Crippen LogP contribution in [0.4, 0.5) is 0 Å². The molecule has 0 amide bonds. The van der Waals surface area contributed by atoms with Crippen molar-refractivity contribution in [3.05, 3.63) is 32.7 Å². The maximum absolute atomic E-state index is 6.31. The third-order valence-corrected chi connectivity index (χ3v) is 5.10. The topological polar surface area (TPSA) is 44.5 Å². The normalized spacial score (nSPS) is 22.6. The van der Waals surface area contributed by atoms with E-state index in [1.807, 2.05) is 45.9 Å². The fourth-order valence-electron chi connectivity index (χ4n) is 1.95. The van der Waals surface area contributed by atoms with Crippen LogP contribution in [0.25, 0.3) is 0 Å². The Hall–Kier alpha value is 0.125. The van der Waals surface area contributed by atoms with Crippen LogP contribution in [0.15, 0.2) is 27.1 Å². The number of halogens is 2. The van der Waals surface area contributed by atoms with E-state index in [9.17, 15) is 0 Å². The Labute approximate surface area is 131 Å². The van der Waals surface area contributed by atoms with Crippen molar-refractivity contribution >= 4 is 39.0 Å². The molecule has 0 bridgehead atoms. The van der Waals surface area contributed by atoms with Gasteiger partial charge in [0.05, 0.1) is 17.1 Å². The number of benzene rings is 1. The molecule has 0 aromatic heterocycles. The first-order valence-electron chi connectivity index (χ1n) is 6.20. The Kier molecular flexibility index (Phi) is 4.21. The van der Waals surface area contributed by atoms with Crippen LogP contribution < -0.4 is 5.73 Å². The molecule has 0 radical (unpaired) electrons. The highest BCUT2D eigenvalue weighted by Crippen LogP contribution is 2.40. The Balaban J connectivity index is 2.27. The number of hydrogen-bond donors (Lipinski definition) is 1. The summed E-state index contributed by atoms with van der Waals surface area (Å²) in [4.78, 5) is 0. The monoisotopic (exact) mass is 389 g/mol. The third kappa shape index (κ3) is 2.93. The first-order valence-corrected chi connectivity index (χ1v) is 7.79. The van der Waals surface area contributed by atoms with E-state index in [0.717, 1.165) is 14.5 Å². The van der Waals surface area contributed by atoms with Crippen LogP contribution in [0.2, 0.25) is 0 Å². The average Bonchev–Trinajstić information content (AvgIpc) is 2.51. The molecule has 1 fully saturated rings. The van der Waals surface area contributed by atoms with Gasteiger partial charge in [0.2, 0.25) is 0 Å². The lowest BCUT2D eigenvalue weighted by Gasteiger charge is -2.32. The molecule has 1 aromatic carbocycles. The molecule has 1 aromatic rings. The average molecular weight is 391 g/mol. The number of hydrogen-bond acceptors (Lipinski definition) is 3. The summed E-state index contributed by atoms with van der Waals surface area (Å²) in [5, 5.41) is 0. The van der Waals surface area contributed by atoms with Crippen LogP contribution in [-0.4, -0.2) is 18.3 Å². The van der Waals surface area contributed by atoms with Gasteiger partial charge in [-0.15, -0.1) is 0 Å². The summed E-state index contributed by atoms with van der Waals surface area (Å²) in [5.41, 5.74) is 6.54. The van der Waals surface area contributed by atoms with E-state index in [4.69, 9.17) is 15.0 Å². The second kappa shape index (κ2) is 5.15. The molecule has 0 unspecified atom stereocenters. The van der Waals surface area contributed by atoms with E-state index in [2.05, 4.69) is 31.9 Å². The second-order valence-electron chi connectivity index (χ2n) is 5.82. The quantitative estimate of drug-likeness (QED) is 0.780. The van der Waals surface area contributed by atoms with Gasteiger partial charge in [-0.2, -0.15) is 0 Å². The molecule has 1 atom stereocenters. The molecule has 0 aliphatic carbocycles. The maximum Gasteiger partial charge on any atom is 0.480 e. The minimum absolute atomic E-state index is 0.340. The smallest absolute Gasteiger partial charge is 0.402 e. The van der Waals surface area contributed by atoms with E-state index in [1.165, 1.54) is 0 Å². The highest BCUT2D eigenvalue weighted by Gasteiger charge is 2.53. The molecule has 1 saturated heterocycles. The first kappa shape index (κ1) is 15.5. The van der Waals surface area contributed by atoms with E-state index >= 15 is 0 Å². The molecule has 1 heterocycles. The van der Waals surface area contributed by atoms with E-state index in [0.29, 0.717) is 0 Å². The summed E-state index contributed by atoms with van der Waals surface area (Å²) < 4.78 is 13.9. The summed E-state index contributed by atoms with van der Waals surface area (Å²) in [6.07, 6.45) is 0. The molecule has 0 saturated carbocycles. The van der Waals surface area contributed by atoms with Crippen molar-refractivity contribution in [2.45, 2.75) is 44.8 Å². The van der Waals surface area contributed by atoms with Crippen LogP contribution >= 0.6 is 31.9 Å². The number of nitrogens with two attached hydrogens (primary N) is 1. The van der Waals surface area contributed by atoms with Crippen LogP contribution in [-0.2, 0) is 9.31 Å². The van der Waals surface area contributed by atoms with Crippen LogP contribution in [0.3, 0.4) is 0 Å². The molecule has 19 heavy (non-hydrogen) atoms. The van der Waals surface area contributed by atoms with Crippen LogP contribution in [0, 0.1) is 0 Å². The minimum atomic E-state index is -0.449. The van der Waals surface area contributed by atoms with Gasteiger partial charge >= 0.3 is 7.12 Å². The van der Waals surface area contributed by atoms with Gasteiger partial charge in [-0.3, -0.25) is 0 Å². The number of rotatable bonds is 2. The van der Waals surface area contributed by atoms with Crippen molar-refractivity contribution < 1.29 is 9.31 Å². The van der Waals surface area contributed by atoms with Crippen molar-refractivity contribution in [3.63, 3.8) is 0 Å². The van der Waals surface area contributed by atoms with Crippen molar-refractivity contribution in [1.29, 1.82) is 0 Å². The molecular formula is C13H18BBr2NO2. The van der Waals surface area contributed by atoms with Gasteiger partial charge in [0.25, 0.3) is 0 Å². The maximum atomic E-state index is 6.31. The van der Waals surface area contributed by atoms with Crippen molar-refractivity contribution in [2.24, 2.45) is 5.73 Å². The standard InChI is InChI=1S/C13H18BBr2NO2/c1-12(2)13(3,4)19-14(18-12)11(17)9-7-8(15)5-6-10(9)16/h5-7,11H,17H2,1-4H3/t11-/m0/s1. The van der Waals surface area contributed by atoms with E-state index in [-0.39, 0.29) is 17.1 Å². The van der Waals surface area contributed by atoms with E-state index in [1.54, 1.807) is 0 Å². The molecule has 0 spiro atoms. The van der Waals surface area contributed by atoms with Gasteiger partial charge in [0, 0.05) is 8.95 Å². The van der Waals surface area contributed by atoms with Crippen LogP contribution in [0.1, 0.15) is 39.2 Å². The SMILES string of the molecule is CC1(C)OB([C@@H](N)c2cc(Br)ccc2Br)OC1(C)C. The van der Waals surface area contributed by atoms with Gasteiger partial charge in [-0.05, 0) is 51.5 Å². The third-order valence-electron chi connectivity index (χ3n) is 3.88.